The number of ether oxygens (including phenoxy) is 2. The smallest absolute Gasteiger partial charge is 0.123 e. The fraction of sp³-hybridized carbons (Fsp3) is 0.556. The van der Waals surface area contributed by atoms with E-state index in [0.29, 0.717) is 19.3 Å². The lowest BCUT2D eigenvalue weighted by molar-refractivity contribution is 0.299. The lowest BCUT2D eigenvalue weighted by atomic mass is 10.1. The highest BCUT2D eigenvalue weighted by Crippen LogP contribution is 2.32. The normalized spacial score (nSPS) is 15.5. The zero-order valence-corrected chi connectivity index (χ0v) is 13.2. The molecule has 1 saturated carbocycles. The van der Waals surface area contributed by atoms with Crippen LogP contribution in [-0.4, -0.2) is 25.8 Å². The Morgan fingerprint density at radius 1 is 1.38 bits per heavy atom. The average Bonchev–Trinajstić information content (AvgIpc) is 3.30. The highest BCUT2D eigenvalue weighted by Gasteiger charge is 2.27. The summed E-state index contributed by atoms with van der Waals surface area (Å²) in [5.41, 5.74) is 1.13. The van der Waals surface area contributed by atoms with E-state index in [2.05, 4.69) is 18.8 Å². The van der Waals surface area contributed by atoms with Crippen LogP contribution in [0.2, 0.25) is 0 Å². The monoisotopic (exact) mass is 289 g/mol. The van der Waals surface area contributed by atoms with Crippen LogP contribution in [0, 0.1) is 5.92 Å². The van der Waals surface area contributed by atoms with Gasteiger partial charge in [-0.3, -0.25) is 0 Å². The van der Waals surface area contributed by atoms with E-state index in [1.807, 2.05) is 31.2 Å². The van der Waals surface area contributed by atoms with Gasteiger partial charge in [0, 0.05) is 18.2 Å². The molecule has 1 aromatic carbocycles. The van der Waals surface area contributed by atoms with Gasteiger partial charge in [0.2, 0.25) is 0 Å². The van der Waals surface area contributed by atoms with E-state index >= 15 is 0 Å². The molecule has 1 unspecified atom stereocenters. The Hall–Kier alpha value is -1.48. The van der Waals surface area contributed by atoms with Crippen molar-refractivity contribution in [3.05, 3.63) is 36.4 Å². The number of rotatable bonds is 10. The van der Waals surface area contributed by atoms with Crippen LogP contribution >= 0.6 is 0 Å². The Labute approximate surface area is 128 Å². The molecule has 0 heterocycles. The summed E-state index contributed by atoms with van der Waals surface area (Å²) in [6.07, 6.45) is 5.43. The third kappa shape index (κ3) is 5.09. The van der Waals surface area contributed by atoms with Crippen molar-refractivity contribution in [2.45, 2.75) is 39.2 Å². The Balaban J connectivity index is 1.83. The summed E-state index contributed by atoms with van der Waals surface area (Å²) in [4.78, 5) is 0. The van der Waals surface area contributed by atoms with Crippen molar-refractivity contribution in [1.82, 2.24) is 5.32 Å². The predicted molar refractivity (Wildman–Crippen MR) is 87.2 cm³/mol. The first-order valence-electron chi connectivity index (χ1n) is 7.97. The fourth-order valence-electron chi connectivity index (χ4n) is 2.48. The van der Waals surface area contributed by atoms with Gasteiger partial charge < -0.3 is 14.8 Å². The molecule has 0 spiro atoms. The summed E-state index contributed by atoms with van der Waals surface area (Å²) in [6.45, 7) is 10.3. The third-order valence-corrected chi connectivity index (χ3v) is 3.86. The summed E-state index contributed by atoms with van der Waals surface area (Å²) in [7, 11) is 0. The number of nitrogens with one attached hydrogen (secondary N) is 1. The van der Waals surface area contributed by atoms with Gasteiger partial charge >= 0.3 is 0 Å². The lowest BCUT2D eigenvalue weighted by Gasteiger charge is -2.15. The van der Waals surface area contributed by atoms with Crippen LogP contribution in [0.3, 0.4) is 0 Å². The Kier molecular flexibility index (Phi) is 6.12. The van der Waals surface area contributed by atoms with E-state index in [4.69, 9.17) is 9.47 Å². The first-order chi connectivity index (χ1) is 10.2. The Morgan fingerprint density at radius 2 is 2.19 bits per heavy atom. The van der Waals surface area contributed by atoms with Crippen LogP contribution in [0.15, 0.2) is 30.9 Å². The number of hydrogen-bond acceptors (Lipinski definition) is 3. The summed E-state index contributed by atoms with van der Waals surface area (Å²) >= 11 is 0. The van der Waals surface area contributed by atoms with Gasteiger partial charge in [0.25, 0.3) is 0 Å². The fourth-order valence-corrected chi connectivity index (χ4v) is 2.48. The van der Waals surface area contributed by atoms with Gasteiger partial charge in [0.05, 0.1) is 6.61 Å². The molecule has 21 heavy (non-hydrogen) atoms. The molecule has 1 atom stereocenters. The maximum atomic E-state index is 5.91. The van der Waals surface area contributed by atoms with Crippen molar-refractivity contribution >= 4 is 0 Å². The molecule has 0 saturated heterocycles. The quantitative estimate of drug-likeness (QED) is 0.527. The van der Waals surface area contributed by atoms with Crippen molar-refractivity contribution in [2.24, 2.45) is 5.92 Å². The highest BCUT2D eigenvalue weighted by molar-refractivity contribution is 5.41. The molecule has 3 heteroatoms. The van der Waals surface area contributed by atoms with E-state index in [1.54, 1.807) is 0 Å². The van der Waals surface area contributed by atoms with Crippen LogP contribution in [0.1, 0.15) is 32.3 Å². The second kappa shape index (κ2) is 8.08. The van der Waals surface area contributed by atoms with E-state index in [9.17, 15) is 0 Å². The predicted octanol–water partition coefficient (Wildman–Crippen LogP) is 3.58. The molecule has 1 aliphatic carbocycles. The van der Waals surface area contributed by atoms with Crippen molar-refractivity contribution in [3.8, 4) is 11.5 Å². The zero-order valence-electron chi connectivity index (χ0n) is 13.2. The number of allylic oxidation sites excluding steroid dienone is 1. The maximum Gasteiger partial charge on any atom is 0.123 e. The highest BCUT2D eigenvalue weighted by atomic mass is 16.5. The molecule has 1 fully saturated rings. The average molecular weight is 289 g/mol. The largest absolute Gasteiger partial charge is 0.494 e. The molecule has 0 aromatic heterocycles. The molecule has 1 N–H and O–H groups in total. The van der Waals surface area contributed by atoms with Crippen LogP contribution in [0.25, 0.3) is 0 Å². The second-order valence-electron chi connectivity index (χ2n) is 5.62. The third-order valence-electron chi connectivity index (χ3n) is 3.86. The minimum atomic E-state index is 0.613. The number of hydrogen-bond donors (Lipinski definition) is 1. The molecule has 3 nitrogen and oxygen atoms in total. The summed E-state index contributed by atoms with van der Waals surface area (Å²) < 4.78 is 11.4. The van der Waals surface area contributed by atoms with Gasteiger partial charge in [-0.25, -0.2) is 0 Å². The molecular weight excluding hydrogens is 262 g/mol. The number of benzene rings is 1. The molecule has 116 valence electrons. The van der Waals surface area contributed by atoms with Gasteiger partial charge in [0.1, 0.15) is 18.1 Å². The van der Waals surface area contributed by atoms with Gasteiger partial charge in [-0.1, -0.05) is 6.08 Å². The molecule has 0 amide bonds. The van der Waals surface area contributed by atoms with Crippen LogP contribution in [-0.2, 0) is 6.42 Å². The van der Waals surface area contributed by atoms with Crippen LogP contribution < -0.4 is 14.8 Å². The maximum absolute atomic E-state index is 5.91. The van der Waals surface area contributed by atoms with Crippen LogP contribution in [0.4, 0.5) is 0 Å². The van der Waals surface area contributed by atoms with Gasteiger partial charge in [-0.05, 0) is 57.2 Å². The first kappa shape index (κ1) is 15.9. The summed E-state index contributed by atoms with van der Waals surface area (Å²) in [5, 5.41) is 3.53. The van der Waals surface area contributed by atoms with Crippen molar-refractivity contribution in [3.63, 3.8) is 0 Å². The second-order valence-corrected chi connectivity index (χ2v) is 5.62. The molecular formula is C18H27NO2. The Morgan fingerprint density at radius 3 is 2.86 bits per heavy atom. The minimum absolute atomic E-state index is 0.613. The molecule has 0 bridgehead atoms. The zero-order chi connectivity index (χ0) is 15.1. The van der Waals surface area contributed by atoms with Crippen LogP contribution in [0.5, 0.6) is 11.5 Å². The van der Waals surface area contributed by atoms with Crippen molar-refractivity contribution in [2.75, 3.05) is 19.8 Å². The molecule has 2 rings (SSSR count). The first-order valence-corrected chi connectivity index (χ1v) is 7.97. The molecule has 0 radical (unpaired) electrons. The van der Waals surface area contributed by atoms with Gasteiger partial charge in [-0.2, -0.15) is 0 Å². The van der Waals surface area contributed by atoms with Crippen molar-refractivity contribution < 1.29 is 9.47 Å². The van der Waals surface area contributed by atoms with E-state index in [-0.39, 0.29) is 0 Å². The minimum Gasteiger partial charge on any atom is -0.494 e. The topological polar surface area (TPSA) is 30.5 Å². The summed E-state index contributed by atoms with van der Waals surface area (Å²) in [5.74, 6) is 2.70. The van der Waals surface area contributed by atoms with Crippen molar-refractivity contribution in [1.29, 1.82) is 0 Å². The summed E-state index contributed by atoms with van der Waals surface area (Å²) in [6, 6.07) is 6.61. The Bertz CT molecular complexity index is 455. The SMILES string of the molecule is C=CCc1cc(OCC)ccc1OCCNC(C)C1CC1. The van der Waals surface area contributed by atoms with E-state index in [0.717, 1.165) is 35.9 Å². The van der Waals surface area contributed by atoms with E-state index < -0.39 is 0 Å². The molecule has 1 aromatic rings. The van der Waals surface area contributed by atoms with Gasteiger partial charge in [0.15, 0.2) is 0 Å². The molecule has 0 aliphatic heterocycles. The van der Waals surface area contributed by atoms with E-state index in [1.165, 1.54) is 12.8 Å². The standard InChI is InChI=1S/C18H27NO2/c1-4-6-16-13-17(20-5-2)9-10-18(16)21-12-11-19-14(3)15-7-8-15/h4,9-10,13-15,19H,1,5-8,11-12H2,2-3H3. The lowest BCUT2D eigenvalue weighted by Crippen LogP contribution is -2.31. The molecule has 1 aliphatic rings. The van der Waals surface area contributed by atoms with Gasteiger partial charge in [-0.15, -0.1) is 6.58 Å².